The number of hydrogen-bond acceptors (Lipinski definition) is 2. The molecule has 0 radical (unpaired) electrons. The number of piperidine rings is 1. The summed E-state index contributed by atoms with van der Waals surface area (Å²) in [4.78, 5) is 2.26. The summed E-state index contributed by atoms with van der Waals surface area (Å²) in [5.41, 5.74) is 1.08. The molecule has 0 aliphatic carbocycles. The zero-order valence-electron chi connectivity index (χ0n) is 9.50. The van der Waals surface area contributed by atoms with Crippen LogP contribution in [0.15, 0.2) is 22.7 Å². The van der Waals surface area contributed by atoms with Gasteiger partial charge in [0.2, 0.25) is 0 Å². The second-order valence-corrected chi connectivity index (χ2v) is 5.31. The largest absolute Gasteiger partial charge is 0.298 e. The fourth-order valence-electron chi connectivity index (χ4n) is 2.20. The Morgan fingerprint density at radius 3 is 3.06 bits per heavy atom. The average molecular weight is 297 g/mol. The van der Waals surface area contributed by atoms with E-state index in [0.717, 1.165) is 38.0 Å². The van der Waals surface area contributed by atoms with Gasteiger partial charge < -0.3 is 0 Å². The number of nitriles is 1. The van der Waals surface area contributed by atoms with Gasteiger partial charge in [0.05, 0.1) is 16.5 Å². The Balaban J connectivity index is 2.00. The third kappa shape index (κ3) is 3.27. The Kier molecular flexibility index (Phi) is 4.14. The lowest BCUT2D eigenvalue weighted by Crippen LogP contribution is -2.34. The first-order valence-electron chi connectivity index (χ1n) is 5.75. The van der Waals surface area contributed by atoms with Gasteiger partial charge in [-0.15, -0.1) is 0 Å². The molecular weight excluding hydrogens is 283 g/mol. The molecule has 90 valence electrons. The van der Waals surface area contributed by atoms with E-state index < -0.39 is 0 Å². The summed E-state index contributed by atoms with van der Waals surface area (Å²) in [6.45, 7) is 2.63. The molecule has 4 heteroatoms. The van der Waals surface area contributed by atoms with E-state index in [1.807, 2.05) is 6.07 Å². The molecule has 0 aromatic heterocycles. The first kappa shape index (κ1) is 12.5. The molecule has 2 nitrogen and oxygen atoms in total. The summed E-state index contributed by atoms with van der Waals surface area (Å²) in [7, 11) is 0. The number of halogens is 2. The van der Waals surface area contributed by atoms with Crippen molar-refractivity contribution in [2.45, 2.75) is 19.4 Å². The van der Waals surface area contributed by atoms with Crippen LogP contribution in [0.25, 0.3) is 0 Å². The molecule has 0 bridgehead atoms. The van der Waals surface area contributed by atoms with Gasteiger partial charge in [0.15, 0.2) is 0 Å². The second kappa shape index (κ2) is 5.61. The van der Waals surface area contributed by atoms with Crippen molar-refractivity contribution < 1.29 is 4.39 Å². The van der Waals surface area contributed by atoms with Gasteiger partial charge in [-0.25, -0.2) is 4.39 Å². The highest BCUT2D eigenvalue weighted by atomic mass is 79.9. The van der Waals surface area contributed by atoms with Gasteiger partial charge in [-0.05, 0) is 53.0 Å². The maximum atomic E-state index is 13.1. The zero-order valence-corrected chi connectivity index (χ0v) is 11.1. The molecule has 0 spiro atoms. The summed E-state index contributed by atoms with van der Waals surface area (Å²) >= 11 is 3.19. The van der Waals surface area contributed by atoms with Gasteiger partial charge in [0.1, 0.15) is 5.82 Å². The average Bonchev–Trinajstić information content (AvgIpc) is 2.34. The van der Waals surface area contributed by atoms with Crippen LogP contribution in [0.3, 0.4) is 0 Å². The maximum absolute atomic E-state index is 13.1. The molecule has 1 heterocycles. The van der Waals surface area contributed by atoms with E-state index in [1.54, 1.807) is 6.07 Å². The summed E-state index contributed by atoms with van der Waals surface area (Å²) < 4.78 is 13.6. The van der Waals surface area contributed by atoms with Crippen molar-refractivity contribution in [3.8, 4) is 6.07 Å². The van der Waals surface area contributed by atoms with Crippen molar-refractivity contribution in [2.24, 2.45) is 5.92 Å². The summed E-state index contributed by atoms with van der Waals surface area (Å²) in [5, 5.41) is 8.92. The van der Waals surface area contributed by atoms with Gasteiger partial charge in [0.25, 0.3) is 0 Å². The Labute approximate surface area is 109 Å². The molecular formula is C13H14BrFN2. The standard InChI is InChI=1S/C13H14BrFN2/c14-12-6-10(3-4-13(12)15)8-17-5-1-2-11(7-16)9-17/h3-4,6,11H,1-2,5,8-9H2. The van der Waals surface area contributed by atoms with E-state index in [2.05, 4.69) is 26.9 Å². The summed E-state index contributed by atoms with van der Waals surface area (Å²) in [6.07, 6.45) is 2.07. The topological polar surface area (TPSA) is 27.0 Å². The molecule has 0 N–H and O–H groups in total. The van der Waals surface area contributed by atoms with Crippen LogP contribution < -0.4 is 0 Å². The number of benzene rings is 1. The van der Waals surface area contributed by atoms with Crippen molar-refractivity contribution in [3.05, 3.63) is 34.1 Å². The third-order valence-electron chi connectivity index (χ3n) is 3.08. The number of nitrogens with zero attached hydrogens (tertiary/aromatic N) is 2. The van der Waals surface area contributed by atoms with E-state index in [0.29, 0.717) is 4.47 Å². The molecule has 1 atom stereocenters. The van der Waals surface area contributed by atoms with Crippen molar-refractivity contribution >= 4 is 15.9 Å². The first-order valence-corrected chi connectivity index (χ1v) is 6.54. The number of hydrogen-bond donors (Lipinski definition) is 0. The minimum atomic E-state index is -0.234. The Bertz CT molecular complexity index is 442. The highest BCUT2D eigenvalue weighted by Gasteiger charge is 2.19. The van der Waals surface area contributed by atoms with E-state index in [9.17, 15) is 4.39 Å². The monoisotopic (exact) mass is 296 g/mol. The molecule has 1 aliphatic rings. The van der Waals surface area contributed by atoms with Gasteiger partial charge in [-0.2, -0.15) is 5.26 Å². The summed E-state index contributed by atoms with van der Waals surface area (Å²) in [6, 6.07) is 7.42. The molecule has 2 rings (SSSR count). The molecule has 1 aromatic rings. The molecule has 1 unspecified atom stereocenters. The quantitative estimate of drug-likeness (QED) is 0.837. The molecule has 0 saturated carbocycles. The normalized spacial score (nSPS) is 21.1. The molecule has 17 heavy (non-hydrogen) atoms. The summed E-state index contributed by atoms with van der Waals surface area (Å²) in [5.74, 6) is -0.0880. The van der Waals surface area contributed by atoms with Gasteiger partial charge in [0, 0.05) is 13.1 Å². The van der Waals surface area contributed by atoms with Crippen LogP contribution >= 0.6 is 15.9 Å². The van der Waals surface area contributed by atoms with E-state index in [1.165, 1.54) is 6.07 Å². The van der Waals surface area contributed by atoms with E-state index >= 15 is 0 Å². The Hall–Kier alpha value is -0.920. The third-order valence-corrected chi connectivity index (χ3v) is 3.69. The highest BCUT2D eigenvalue weighted by molar-refractivity contribution is 9.10. The fraction of sp³-hybridized carbons (Fsp3) is 0.462. The lowest BCUT2D eigenvalue weighted by atomic mass is 9.99. The SMILES string of the molecule is N#CC1CCCN(Cc2ccc(F)c(Br)c2)C1. The van der Waals surface area contributed by atoms with Crippen molar-refractivity contribution in [1.29, 1.82) is 5.26 Å². The van der Waals surface area contributed by atoms with Crippen LogP contribution in [0, 0.1) is 23.1 Å². The lowest BCUT2D eigenvalue weighted by Gasteiger charge is -2.29. The number of likely N-dealkylation sites (tertiary alicyclic amines) is 1. The van der Waals surface area contributed by atoms with E-state index in [4.69, 9.17) is 5.26 Å². The maximum Gasteiger partial charge on any atom is 0.137 e. The van der Waals surface area contributed by atoms with Crippen LogP contribution in [0.4, 0.5) is 4.39 Å². The first-order chi connectivity index (χ1) is 8.19. The van der Waals surface area contributed by atoms with Crippen LogP contribution in [0.1, 0.15) is 18.4 Å². The van der Waals surface area contributed by atoms with Crippen LogP contribution in [-0.2, 0) is 6.54 Å². The van der Waals surface area contributed by atoms with Crippen LogP contribution in [0.5, 0.6) is 0 Å². The minimum Gasteiger partial charge on any atom is -0.298 e. The fourth-order valence-corrected chi connectivity index (χ4v) is 2.63. The molecule has 1 fully saturated rings. The van der Waals surface area contributed by atoms with Crippen molar-refractivity contribution in [1.82, 2.24) is 4.90 Å². The Morgan fingerprint density at radius 2 is 2.35 bits per heavy atom. The van der Waals surface area contributed by atoms with Crippen LogP contribution in [0.2, 0.25) is 0 Å². The predicted molar refractivity (Wildman–Crippen MR) is 67.7 cm³/mol. The Morgan fingerprint density at radius 1 is 1.53 bits per heavy atom. The molecule has 0 amide bonds. The van der Waals surface area contributed by atoms with Crippen LogP contribution in [-0.4, -0.2) is 18.0 Å². The van der Waals surface area contributed by atoms with Crippen molar-refractivity contribution in [3.63, 3.8) is 0 Å². The second-order valence-electron chi connectivity index (χ2n) is 4.45. The minimum absolute atomic E-state index is 0.146. The van der Waals surface area contributed by atoms with Gasteiger partial charge in [-0.3, -0.25) is 4.90 Å². The number of rotatable bonds is 2. The molecule has 1 saturated heterocycles. The lowest BCUT2D eigenvalue weighted by molar-refractivity contribution is 0.192. The van der Waals surface area contributed by atoms with Gasteiger partial charge >= 0.3 is 0 Å². The van der Waals surface area contributed by atoms with E-state index in [-0.39, 0.29) is 11.7 Å². The highest BCUT2D eigenvalue weighted by Crippen LogP contribution is 2.21. The van der Waals surface area contributed by atoms with Crippen molar-refractivity contribution in [2.75, 3.05) is 13.1 Å². The van der Waals surface area contributed by atoms with Gasteiger partial charge in [-0.1, -0.05) is 6.07 Å². The predicted octanol–water partition coefficient (Wildman–Crippen LogP) is 3.32. The molecule has 1 aromatic carbocycles. The zero-order chi connectivity index (χ0) is 12.3. The smallest absolute Gasteiger partial charge is 0.137 e. The molecule has 1 aliphatic heterocycles.